The van der Waals surface area contributed by atoms with Crippen LogP contribution in [0.2, 0.25) is 0 Å². The van der Waals surface area contributed by atoms with Crippen molar-refractivity contribution in [2.75, 3.05) is 6.61 Å². The summed E-state index contributed by atoms with van der Waals surface area (Å²) in [4.78, 5) is 15.9. The van der Waals surface area contributed by atoms with Gasteiger partial charge in [0, 0.05) is 23.9 Å². The molecule has 2 rings (SSSR count). The van der Waals surface area contributed by atoms with Gasteiger partial charge in [-0.05, 0) is 25.1 Å². The van der Waals surface area contributed by atoms with Crippen LogP contribution in [0.25, 0.3) is 0 Å². The normalized spacial score (nSPS) is 14.8. The average Bonchev–Trinajstić information content (AvgIpc) is 2.70. The lowest BCUT2D eigenvalue weighted by molar-refractivity contribution is 0.0941. The molecule has 0 aliphatic carbocycles. The highest BCUT2D eigenvalue weighted by molar-refractivity contribution is 6.08. The summed E-state index contributed by atoms with van der Waals surface area (Å²) < 4.78 is 5.21. The largest absolute Gasteiger partial charge is 0.489 e. The average molecular weight is 189 g/mol. The zero-order valence-electron chi connectivity index (χ0n) is 7.99. The van der Waals surface area contributed by atoms with E-state index in [0.29, 0.717) is 17.9 Å². The predicted octanol–water partition coefficient (Wildman–Crippen LogP) is 1.88. The molecule has 14 heavy (non-hydrogen) atoms. The van der Waals surface area contributed by atoms with Crippen molar-refractivity contribution in [1.82, 2.24) is 4.98 Å². The summed E-state index contributed by atoms with van der Waals surface area (Å²) >= 11 is 0. The summed E-state index contributed by atoms with van der Waals surface area (Å²) in [6.45, 7) is 2.43. The van der Waals surface area contributed by atoms with Gasteiger partial charge < -0.3 is 4.74 Å². The second-order valence-corrected chi connectivity index (χ2v) is 3.17. The molecule has 0 spiro atoms. The number of pyridine rings is 1. The molecule has 3 heteroatoms. The molecule has 0 bridgehead atoms. The molecule has 0 amide bonds. The van der Waals surface area contributed by atoms with Crippen LogP contribution >= 0.6 is 0 Å². The van der Waals surface area contributed by atoms with Crippen molar-refractivity contribution in [1.29, 1.82) is 0 Å². The van der Waals surface area contributed by atoms with Gasteiger partial charge in [0.25, 0.3) is 0 Å². The highest BCUT2D eigenvalue weighted by Crippen LogP contribution is 2.16. The Bertz CT molecular complexity index is 396. The zero-order chi connectivity index (χ0) is 9.97. The van der Waals surface area contributed by atoms with Crippen LogP contribution in [0, 0.1) is 6.92 Å². The van der Waals surface area contributed by atoms with Crippen LogP contribution in [0.4, 0.5) is 0 Å². The van der Waals surface area contributed by atoms with E-state index in [1.54, 1.807) is 18.3 Å². The number of Topliss-reactive ketones (excluding diaryl/α,β-unsaturated/α-hetero) is 1. The highest BCUT2D eigenvalue weighted by atomic mass is 16.5. The van der Waals surface area contributed by atoms with Gasteiger partial charge >= 0.3 is 0 Å². The number of ether oxygens (including phenoxy) is 1. The molecule has 1 aliphatic rings. The van der Waals surface area contributed by atoms with Gasteiger partial charge in [-0.2, -0.15) is 0 Å². The third-order valence-electron chi connectivity index (χ3n) is 2.18. The van der Waals surface area contributed by atoms with Crippen LogP contribution < -0.4 is 0 Å². The van der Waals surface area contributed by atoms with Crippen LogP contribution in [0.15, 0.2) is 30.2 Å². The Morgan fingerprint density at radius 1 is 1.57 bits per heavy atom. The number of aromatic nitrogens is 1. The number of ketones is 1. The summed E-state index contributed by atoms with van der Waals surface area (Å²) in [6.07, 6.45) is 4.32. The first-order valence-electron chi connectivity index (χ1n) is 4.58. The Hall–Kier alpha value is -1.64. The molecular weight excluding hydrogens is 178 g/mol. The number of carbonyl (C=O) groups is 1. The van der Waals surface area contributed by atoms with Gasteiger partial charge in [0.05, 0.1) is 6.61 Å². The minimum Gasteiger partial charge on any atom is -0.489 e. The maximum absolute atomic E-state index is 11.8. The third-order valence-corrected chi connectivity index (χ3v) is 2.18. The van der Waals surface area contributed by atoms with E-state index in [1.165, 1.54) is 0 Å². The summed E-state index contributed by atoms with van der Waals surface area (Å²) in [6, 6.07) is 3.53. The molecule has 2 heterocycles. The second-order valence-electron chi connectivity index (χ2n) is 3.17. The van der Waals surface area contributed by atoms with E-state index in [2.05, 4.69) is 4.98 Å². The van der Waals surface area contributed by atoms with E-state index in [0.717, 1.165) is 12.1 Å². The van der Waals surface area contributed by atoms with Crippen molar-refractivity contribution in [2.24, 2.45) is 0 Å². The SMILES string of the molecule is Cc1ncccc1C(=O)C1=CCCO1. The lowest BCUT2D eigenvalue weighted by atomic mass is 10.1. The lowest BCUT2D eigenvalue weighted by Crippen LogP contribution is -2.06. The molecule has 0 N–H and O–H groups in total. The number of hydrogen-bond acceptors (Lipinski definition) is 3. The van der Waals surface area contributed by atoms with E-state index in [9.17, 15) is 4.79 Å². The van der Waals surface area contributed by atoms with E-state index in [-0.39, 0.29) is 5.78 Å². The maximum Gasteiger partial charge on any atom is 0.229 e. The minimum atomic E-state index is -0.0619. The molecule has 72 valence electrons. The summed E-state index contributed by atoms with van der Waals surface area (Å²) in [7, 11) is 0. The smallest absolute Gasteiger partial charge is 0.229 e. The first-order valence-corrected chi connectivity index (χ1v) is 4.58. The maximum atomic E-state index is 11.8. The molecular formula is C11H11NO2. The van der Waals surface area contributed by atoms with Gasteiger partial charge in [0.15, 0.2) is 5.76 Å². The van der Waals surface area contributed by atoms with Crippen molar-refractivity contribution in [3.63, 3.8) is 0 Å². The summed E-state index contributed by atoms with van der Waals surface area (Å²) in [5.74, 6) is 0.397. The quantitative estimate of drug-likeness (QED) is 0.667. The molecule has 0 aromatic carbocycles. The minimum absolute atomic E-state index is 0.0619. The molecule has 1 aliphatic heterocycles. The fraction of sp³-hybridized carbons (Fsp3) is 0.273. The molecule has 0 atom stereocenters. The van der Waals surface area contributed by atoms with Crippen LogP contribution in [-0.4, -0.2) is 17.4 Å². The Morgan fingerprint density at radius 2 is 2.43 bits per heavy atom. The number of allylic oxidation sites excluding steroid dienone is 1. The van der Waals surface area contributed by atoms with Gasteiger partial charge in [-0.3, -0.25) is 9.78 Å². The van der Waals surface area contributed by atoms with Crippen molar-refractivity contribution in [2.45, 2.75) is 13.3 Å². The van der Waals surface area contributed by atoms with E-state index in [1.807, 2.05) is 13.0 Å². The van der Waals surface area contributed by atoms with Crippen LogP contribution in [0.5, 0.6) is 0 Å². The van der Waals surface area contributed by atoms with Crippen molar-refractivity contribution in [3.8, 4) is 0 Å². The van der Waals surface area contributed by atoms with Crippen LogP contribution in [0.1, 0.15) is 22.5 Å². The second kappa shape index (κ2) is 3.62. The first kappa shape index (κ1) is 8.94. The topological polar surface area (TPSA) is 39.2 Å². The Labute approximate surface area is 82.4 Å². The van der Waals surface area contributed by atoms with Gasteiger partial charge in [0.2, 0.25) is 5.78 Å². The summed E-state index contributed by atoms with van der Waals surface area (Å²) in [5, 5.41) is 0. The van der Waals surface area contributed by atoms with Crippen molar-refractivity contribution < 1.29 is 9.53 Å². The van der Waals surface area contributed by atoms with E-state index >= 15 is 0 Å². The number of carbonyl (C=O) groups excluding carboxylic acids is 1. The molecule has 0 radical (unpaired) electrons. The van der Waals surface area contributed by atoms with Gasteiger partial charge in [-0.1, -0.05) is 0 Å². The van der Waals surface area contributed by atoms with Gasteiger partial charge in [-0.15, -0.1) is 0 Å². The predicted molar refractivity (Wildman–Crippen MR) is 52.0 cm³/mol. The number of rotatable bonds is 2. The molecule has 1 aromatic heterocycles. The van der Waals surface area contributed by atoms with Gasteiger partial charge in [0.1, 0.15) is 0 Å². The Balaban J connectivity index is 2.31. The molecule has 0 saturated heterocycles. The number of hydrogen-bond donors (Lipinski definition) is 0. The molecule has 0 fully saturated rings. The molecule has 3 nitrogen and oxygen atoms in total. The Kier molecular flexibility index (Phi) is 2.31. The first-order chi connectivity index (χ1) is 6.79. The fourth-order valence-electron chi connectivity index (χ4n) is 1.43. The fourth-order valence-corrected chi connectivity index (χ4v) is 1.43. The number of nitrogens with zero attached hydrogens (tertiary/aromatic N) is 1. The molecule has 0 unspecified atom stereocenters. The monoisotopic (exact) mass is 189 g/mol. The molecule has 0 saturated carbocycles. The lowest BCUT2D eigenvalue weighted by Gasteiger charge is -2.04. The number of aryl methyl sites for hydroxylation is 1. The van der Waals surface area contributed by atoms with E-state index in [4.69, 9.17) is 4.74 Å². The molecule has 1 aromatic rings. The standard InChI is InChI=1S/C11H11NO2/c1-8-9(4-2-6-12-8)11(13)10-5-3-7-14-10/h2,4-6H,3,7H2,1H3. The zero-order valence-corrected chi connectivity index (χ0v) is 7.99. The van der Waals surface area contributed by atoms with Crippen molar-refractivity contribution in [3.05, 3.63) is 41.4 Å². The summed E-state index contributed by atoms with van der Waals surface area (Å²) in [5.41, 5.74) is 1.37. The van der Waals surface area contributed by atoms with E-state index < -0.39 is 0 Å². The third kappa shape index (κ3) is 1.53. The van der Waals surface area contributed by atoms with Crippen molar-refractivity contribution >= 4 is 5.78 Å². The van der Waals surface area contributed by atoms with Crippen LogP contribution in [0.3, 0.4) is 0 Å². The Morgan fingerprint density at radius 3 is 3.07 bits per heavy atom. The van der Waals surface area contributed by atoms with Crippen LogP contribution in [-0.2, 0) is 4.74 Å². The highest BCUT2D eigenvalue weighted by Gasteiger charge is 2.18. The van der Waals surface area contributed by atoms with Gasteiger partial charge in [-0.25, -0.2) is 0 Å².